The third kappa shape index (κ3) is 3.93. The van der Waals surface area contributed by atoms with Gasteiger partial charge >= 0.3 is 6.09 Å². The number of benzene rings is 1. The van der Waals surface area contributed by atoms with Crippen LogP contribution >= 0.6 is 0 Å². The van der Waals surface area contributed by atoms with Gasteiger partial charge in [-0.1, -0.05) is 12.1 Å². The zero-order chi connectivity index (χ0) is 29.6. The fraction of sp³-hybridized carbons (Fsp3) is 0.484. The number of nitrogens with one attached hydrogen (secondary N) is 2. The molecular formula is C31H35FN6O4. The summed E-state index contributed by atoms with van der Waals surface area (Å²) in [7, 11) is 3.11. The molecule has 1 fully saturated rings. The number of aromatic nitrogens is 2. The summed E-state index contributed by atoms with van der Waals surface area (Å²) in [6.07, 6.45) is 3.62. The third-order valence-corrected chi connectivity index (χ3v) is 9.44. The van der Waals surface area contributed by atoms with E-state index in [1.807, 2.05) is 11.8 Å². The number of fused-ring (bicyclic) bond motifs is 4. The van der Waals surface area contributed by atoms with E-state index in [0.29, 0.717) is 30.9 Å². The van der Waals surface area contributed by atoms with E-state index < -0.39 is 17.5 Å². The lowest BCUT2D eigenvalue weighted by atomic mass is 9.82. The van der Waals surface area contributed by atoms with Crippen molar-refractivity contribution in [1.29, 1.82) is 0 Å². The molecule has 7 rings (SSSR count). The Morgan fingerprint density at radius 1 is 1.24 bits per heavy atom. The molecule has 5 heterocycles. The lowest BCUT2D eigenvalue weighted by molar-refractivity contribution is -0.117. The SMILES string of the molecule is COC(=O)N[C@@H]1CC[C@@H](N2C(=O)Cc3cnc4[nH]c(C5(C)CN(C)N=C5F)c(-c5ccc6c(c5)COC6(C)C)c4c32)C1. The van der Waals surface area contributed by atoms with Crippen molar-refractivity contribution in [2.45, 2.75) is 76.2 Å². The van der Waals surface area contributed by atoms with Crippen LogP contribution in [-0.2, 0) is 38.3 Å². The first kappa shape index (κ1) is 26.9. The molecule has 1 aromatic carbocycles. The van der Waals surface area contributed by atoms with Gasteiger partial charge in [0.25, 0.3) is 0 Å². The average Bonchev–Trinajstić information content (AvgIpc) is 3.74. The second-order valence-electron chi connectivity index (χ2n) is 12.7. The van der Waals surface area contributed by atoms with Gasteiger partial charge in [0.05, 0.1) is 48.8 Å². The monoisotopic (exact) mass is 574 g/mol. The van der Waals surface area contributed by atoms with E-state index >= 15 is 4.39 Å². The van der Waals surface area contributed by atoms with Crippen LogP contribution in [0.1, 0.15) is 62.4 Å². The van der Waals surface area contributed by atoms with Crippen molar-refractivity contribution in [3.8, 4) is 11.1 Å². The fourth-order valence-electron chi connectivity index (χ4n) is 7.39. The maximum Gasteiger partial charge on any atom is 0.407 e. The Balaban J connectivity index is 1.42. The molecule has 0 spiro atoms. The predicted molar refractivity (Wildman–Crippen MR) is 156 cm³/mol. The summed E-state index contributed by atoms with van der Waals surface area (Å²) in [6.45, 7) is 6.81. The van der Waals surface area contributed by atoms with Crippen LogP contribution in [0.3, 0.4) is 0 Å². The smallest absolute Gasteiger partial charge is 0.407 e. The van der Waals surface area contributed by atoms with Gasteiger partial charge in [-0.3, -0.25) is 9.80 Å². The number of carbonyl (C=O) groups excluding carboxylic acids is 2. The number of ether oxygens (including phenoxy) is 2. The van der Waals surface area contributed by atoms with E-state index in [9.17, 15) is 9.59 Å². The summed E-state index contributed by atoms with van der Waals surface area (Å²) in [5, 5.41) is 9.43. The van der Waals surface area contributed by atoms with E-state index in [1.54, 1.807) is 18.3 Å². The second kappa shape index (κ2) is 9.26. The number of alkyl carbamates (subject to hydrolysis) is 1. The Kier molecular flexibility index (Phi) is 5.92. The zero-order valence-electron chi connectivity index (χ0n) is 24.5. The standard InChI is InChI=1S/C31H35FN6O4/c1-30(2)21-9-6-16(10-18(21)14-42-30)23-24-25-17(11-22(39)38(25)20-8-7-19(12-20)34-29(40)41-5)13-33-27(24)35-26(23)31(3)15-37(4)36-28(31)32/h6,9-10,13,19-20H,7-8,11-12,14-15H2,1-5H3,(H,33,35)(H,34,40)/t19-,20-,31?/m1/s1. The highest BCUT2D eigenvalue weighted by molar-refractivity contribution is 6.15. The number of H-pyrrole nitrogens is 1. The maximum absolute atomic E-state index is 15.6. The zero-order valence-corrected chi connectivity index (χ0v) is 24.5. The number of aromatic amines is 1. The number of hydrazone groups is 1. The Labute approximate surface area is 243 Å². The van der Waals surface area contributed by atoms with Crippen molar-refractivity contribution < 1.29 is 23.5 Å². The molecule has 1 aliphatic carbocycles. The van der Waals surface area contributed by atoms with Crippen LogP contribution in [-0.4, -0.2) is 65.7 Å². The minimum Gasteiger partial charge on any atom is -0.453 e. The van der Waals surface area contributed by atoms with Crippen molar-refractivity contribution in [1.82, 2.24) is 20.3 Å². The first-order chi connectivity index (χ1) is 20.0. The first-order valence-electron chi connectivity index (χ1n) is 14.4. The lowest BCUT2D eigenvalue weighted by Gasteiger charge is -2.27. The summed E-state index contributed by atoms with van der Waals surface area (Å²) in [4.78, 5) is 35.6. The van der Waals surface area contributed by atoms with Crippen LogP contribution in [0.15, 0.2) is 29.5 Å². The molecule has 1 unspecified atom stereocenters. The Morgan fingerprint density at radius 2 is 2.05 bits per heavy atom. The number of hydrogen-bond acceptors (Lipinski definition) is 7. The summed E-state index contributed by atoms with van der Waals surface area (Å²) in [5.74, 6) is -0.471. The molecule has 3 aromatic rings. The van der Waals surface area contributed by atoms with E-state index in [0.717, 1.165) is 51.7 Å². The van der Waals surface area contributed by atoms with Crippen LogP contribution in [0.5, 0.6) is 0 Å². The minimum absolute atomic E-state index is 0.000348. The number of pyridine rings is 1. The van der Waals surface area contributed by atoms with E-state index in [2.05, 4.69) is 47.4 Å². The number of rotatable bonds is 4. The van der Waals surface area contributed by atoms with E-state index in [4.69, 9.17) is 14.5 Å². The number of hydrogen-bond donors (Lipinski definition) is 2. The van der Waals surface area contributed by atoms with Gasteiger partial charge in [-0.25, -0.2) is 9.78 Å². The predicted octanol–water partition coefficient (Wildman–Crippen LogP) is 4.65. The molecule has 220 valence electrons. The number of methoxy groups -OCH3 is 1. The van der Waals surface area contributed by atoms with Crippen molar-refractivity contribution in [2.75, 3.05) is 25.6 Å². The molecule has 3 aliphatic heterocycles. The van der Waals surface area contributed by atoms with Crippen molar-refractivity contribution in [3.63, 3.8) is 0 Å². The molecule has 42 heavy (non-hydrogen) atoms. The minimum atomic E-state index is -1.04. The Hall–Kier alpha value is -3.99. The first-order valence-corrected chi connectivity index (χ1v) is 14.4. The molecule has 11 heteroatoms. The normalized spacial score (nSPS) is 26.1. The number of anilines is 1. The summed E-state index contributed by atoms with van der Waals surface area (Å²) < 4.78 is 26.5. The maximum atomic E-state index is 15.6. The van der Waals surface area contributed by atoms with Gasteiger partial charge in [-0.15, -0.1) is 0 Å². The molecule has 10 nitrogen and oxygen atoms in total. The Bertz CT molecular complexity index is 1680. The van der Waals surface area contributed by atoms with Gasteiger partial charge in [-0.2, -0.15) is 9.49 Å². The molecule has 0 saturated heterocycles. The van der Waals surface area contributed by atoms with Crippen LogP contribution < -0.4 is 10.2 Å². The van der Waals surface area contributed by atoms with Crippen LogP contribution in [0.2, 0.25) is 0 Å². The van der Waals surface area contributed by atoms with Crippen LogP contribution in [0, 0.1) is 0 Å². The number of nitrogens with zero attached hydrogens (tertiary/aromatic N) is 4. The summed E-state index contributed by atoms with van der Waals surface area (Å²) in [5.41, 5.74) is 5.45. The summed E-state index contributed by atoms with van der Waals surface area (Å²) in [6, 6.07) is 6.09. The van der Waals surface area contributed by atoms with Crippen LogP contribution in [0.4, 0.5) is 14.9 Å². The highest BCUT2D eigenvalue weighted by Gasteiger charge is 2.46. The van der Waals surface area contributed by atoms with Gasteiger partial charge in [0.1, 0.15) is 5.65 Å². The second-order valence-corrected chi connectivity index (χ2v) is 12.7. The quantitative estimate of drug-likeness (QED) is 0.469. The number of amides is 2. The van der Waals surface area contributed by atoms with Crippen molar-refractivity contribution in [3.05, 3.63) is 46.8 Å². The van der Waals surface area contributed by atoms with Gasteiger partial charge < -0.3 is 24.7 Å². The summed E-state index contributed by atoms with van der Waals surface area (Å²) >= 11 is 0. The molecule has 2 N–H and O–H groups in total. The lowest BCUT2D eigenvalue weighted by Crippen LogP contribution is -2.39. The van der Waals surface area contributed by atoms with Crippen molar-refractivity contribution in [2.24, 2.45) is 5.10 Å². The molecule has 3 atom stereocenters. The number of halogens is 1. The molecule has 0 radical (unpaired) electrons. The highest BCUT2D eigenvalue weighted by atomic mass is 19.1. The molecular weight excluding hydrogens is 539 g/mol. The van der Waals surface area contributed by atoms with Crippen LogP contribution in [0.25, 0.3) is 22.2 Å². The molecule has 0 bridgehead atoms. The van der Waals surface area contributed by atoms with Gasteiger partial charge in [-0.05, 0) is 62.8 Å². The van der Waals surface area contributed by atoms with E-state index in [1.165, 1.54) is 7.11 Å². The van der Waals surface area contributed by atoms with Gasteiger partial charge in [0.2, 0.25) is 11.9 Å². The molecule has 1 saturated carbocycles. The van der Waals surface area contributed by atoms with Crippen molar-refractivity contribution >= 4 is 34.7 Å². The largest absolute Gasteiger partial charge is 0.453 e. The molecule has 2 amide bonds. The number of carbonyl (C=O) groups is 2. The topological polar surface area (TPSA) is 112 Å². The third-order valence-electron chi connectivity index (χ3n) is 9.44. The fourth-order valence-corrected chi connectivity index (χ4v) is 7.39. The van der Waals surface area contributed by atoms with Gasteiger partial charge in [0, 0.05) is 42.1 Å². The van der Waals surface area contributed by atoms with Gasteiger partial charge in [0.15, 0.2) is 0 Å². The Morgan fingerprint density at radius 3 is 2.79 bits per heavy atom. The van der Waals surface area contributed by atoms with E-state index in [-0.39, 0.29) is 30.0 Å². The molecule has 2 aromatic heterocycles. The highest BCUT2D eigenvalue weighted by Crippen LogP contribution is 2.49. The average molecular weight is 575 g/mol. The molecule has 4 aliphatic rings. The number of likely N-dealkylation sites (N-methyl/N-ethyl adjacent to an activating group) is 1.